The SMILES string of the molecule is CCOC(=O)CN1C(=S)N[C@H](c2ccccn2)[C@@H]1c1cc(C)n(-c2ccc([N+](=O)[O-])cc2OC)c1C. The zero-order chi connectivity index (χ0) is 26.0. The molecular formula is C25H27N5O5S. The van der Waals surface area contributed by atoms with Crippen LogP contribution < -0.4 is 10.1 Å². The quantitative estimate of drug-likeness (QED) is 0.209. The lowest BCUT2D eigenvalue weighted by Crippen LogP contribution is -2.35. The summed E-state index contributed by atoms with van der Waals surface area (Å²) in [6.07, 6.45) is 1.72. The van der Waals surface area contributed by atoms with Crippen LogP contribution >= 0.6 is 12.2 Å². The van der Waals surface area contributed by atoms with E-state index >= 15 is 0 Å². The van der Waals surface area contributed by atoms with E-state index in [0.29, 0.717) is 16.5 Å². The van der Waals surface area contributed by atoms with Crippen molar-refractivity contribution in [1.82, 2.24) is 19.8 Å². The molecule has 1 aliphatic rings. The third-order valence-corrected chi connectivity index (χ3v) is 6.56. The van der Waals surface area contributed by atoms with Crippen molar-refractivity contribution >= 4 is 29.0 Å². The Kier molecular flexibility index (Phi) is 7.20. The number of carbonyl (C=O) groups excluding carboxylic acids is 1. The summed E-state index contributed by atoms with van der Waals surface area (Å²) in [5, 5.41) is 15.0. The molecule has 0 amide bonds. The molecule has 1 saturated heterocycles. The van der Waals surface area contributed by atoms with Crippen LogP contribution in [-0.2, 0) is 9.53 Å². The smallest absolute Gasteiger partial charge is 0.325 e. The Morgan fingerprint density at radius 1 is 1.25 bits per heavy atom. The first-order chi connectivity index (χ1) is 17.3. The summed E-state index contributed by atoms with van der Waals surface area (Å²) in [7, 11) is 1.48. The van der Waals surface area contributed by atoms with E-state index in [-0.39, 0.29) is 36.9 Å². The van der Waals surface area contributed by atoms with Crippen molar-refractivity contribution in [2.45, 2.75) is 32.9 Å². The van der Waals surface area contributed by atoms with Gasteiger partial charge in [0, 0.05) is 23.7 Å². The van der Waals surface area contributed by atoms with Gasteiger partial charge in [-0.05, 0) is 62.8 Å². The molecule has 2 atom stereocenters. The summed E-state index contributed by atoms with van der Waals surface area (Å²) >= 11 is 5.64. The van der Waals surface area contributed by atoms with Crippen molar-refractivity contribution in [3.63, 3.8) is 0 Å². The molecule has 1 aromatic carbocycles. The van der Waals surface area contributed by atoms with E-state index in [0.717, 1.165) is 22.6 Å². The van der Waals surface area contributed by atoms with E-state index in [9.17, 15) is 14.9 Å². The summed E-state index contributed by atoms with van der Waals surface area (Å²) in [4.78, 5) is 29.7. The summed E-state index contributed by atoms with van der Waals surface area (Å²) in [6.45, 7) is 5.93. The van der Waals surface area contributed by atoms with Crippen molar-refractivity contribution in [3.8, 4) is 11.4 Å². The minimum absolute atomic E-state index is 0.0157. The Balaban J connectivity index is 1.84. The number of methoxy groups -OCH3 is 1. The summed E-state index contributed by atoms with van der Waals surface area (Å²) in [5.74, 6) is 0.00133. The second-order valence-electron chi connectivity index (χ2n) is 8.33. The standard InChI is InChI=1S/C25H27N5O5S/c1-5-35-22(31)14-28-24(23(27-25(28)36)19-8-6-7-11-26-19)18-12-15(2)29(16(18)3)20-10-9-17(30(32)33)13-21(20)34-4/h6-13,23-24H,5,14H2,1-4H3,(H,27,36)/t23-,24+/m1/s1. The summed E-state index contributed by atoms with van der Waals surface area (Å²) in [6, 6.07) is 11.6. The largest absolute Gasteiger partial charge is 0.494 e. The Bertz CT molecular complexity index is 1310. The zero-order valence-corrected chi connectivity index (χ0v) is 21.2. The number of aromatic nitrogens is 2. The van der Waals surface area contributed by atoms with Crippen LogP contribution in [0.1, 0.15) is 41.7 Å². The molecule has 10 nitrogen and oxygen atoms in total. The first-order valence-electron chi connectivity index (χ1n) is 11.4. The zero-order valence-electron chi connectivity index (χ0n) is 20.4. The van der Waals surface area contributed by atoms with Crippen molar-refractivity contribution in [1.29, 1.82) is 0 Å². The Morgan fingerprint density at radius 3 is 2.67 bits per heavy atom. The number of ether oxygens (including phenoxy) is 2. The molecule has 1 N–H and O–H groups in total. The maximum Gasteiger partial charge on any atom is 0.325 e. The van der Waals surface area contributed by atoms with Gasteiger partial charge in [0.15, 0.2) is 5.11 Å². The maximum atomic E-state index is 12.5. The third-order valence-electron chi connectivity index (χ3n) is 6.21. The number of thiocarbonyl (C=S) groups is 1. The average molecular weight is 510 g/mol. The van der Waals surface area contributed by atoms with E-state index in [1.807, 2.05) is 47.6 Å². The van der Waals surface area contributed by atoms with Gasteiger partial charge in [-0.2, -0.15) is 0 Å². The van der Waals surface area contributed by atoms with Gasteiger partial charge in [-0.15, -0.1) is 0 Å². The van der Waals surface area contributed by atoms with E-state index in [1.54, 1.807) is 19.2 Å². The average Bonchev–Trinajstić information content (AvgIpc) is 3.34. The van der Waals surface area contributed by atoms with E-state index in [2.05, 4.69) is 10.3 Å². The number of esters is 1. The van der Waals surface area contributed by atoms with Gasteiger partial charge >= 0.3 is 5.97 Å². The highest BCUT2D eigenvalue weighted by Gasteiger charge is 2.42. The van der Waals surface area contributed by atoms with Gasteiger partial charge in [0.25, 0.3) is 5.69 Å². The number of hydrogen-bond donors (Lipinski definition) is 1. The molecule has 11 heteroatoms. The normalized spacial score (nSPS) is 17.1. The second-order valence-corrected chi connectivity index (χ2v) is 8.72. The predicted octanol–water partition coefficient (Wildman–Crippen LogP) is 3.94. The lowest BCUT2D eigenvalue weighted by molar-refractivity contribution is -0.384. The molecule has 0 unspecified atom stereocenters. The Hall–Kier alpha value is -3.99. The first-order valence-corrected chi connectivity index (χ1v) is 11.8. The van der Waals surface area contributed by atoms with Gasteiger partial charge in [-0.25, -0.2) is 0 Å². The molecule has 1 fully saturated rings. The lowest BCUT2D eigenvalue weighted by Gasteiger charge is -2.27. The van der Waals surface area contributed by atoms with Crippen LogP contribution in [0.15, 0.2) is 48.7 Å². The van der Waals surface area contributed by atoms with Gasteiger partial charge < -0.3 is 24.3 Å². The van der Waals surface area contributed by atoms with Crippen LogP contribution in [0.5, 0.6) is 5.75 Å². The number of nitro groups is 1. The fourth-order valence-corrected chi connectivity index (χ4v) is 4.99. The Labute approximate surface area is 214 Å². The van der Waals surface area contributed by atoms with Crippen LogP contribution in [0.25, 0.3) is 5.69 Å². The van der Waals surface area contributed by atoms with Gasteiger partial charge in [0.2, 0.25) is 0 Å². The monoisotopic (exact) mass is 509 g/mol. The molecule has 0 spiro atoms. The number of nitro benzene ring substituents is 1. The highest BCUT2D eigenvalue weighted by Crippen LogP contribution is 2.42. The fraction of sp³-hybridized carbons (Fsp3) is 0.320. The second kappa shape index (κ2) is 10.3. The van der Waals surface area contributed by atoms with Gasteiger partial charge in [-0.1, -0.05) is 6.07 Å². The van der Waals surface area contributed by atoms with Crippen LogP contribution in [0.2, 0.25) is 0 Å². The third kappa shape index (κ3) is 4.61. The number of rotatable bonds is 8. The van der Waals surface area contributed by atoms with Crippen LogP contribution in [0.3, 0.4) is 0 Å². The van der Waals surface area contributed by atoms with E-state index in [1.165, 1.54) is 19.2 Å². The number of nitrogens with one attached hydrogen (secondary N) is 1. The predicted molar refractivity (Wildman–Crippen MR) is 137 cm³/mol. The number of aryl methyl sites for hydroxylation is 1. The van der Waals surface area contributed by atoms with Gasteiger partial charge in [-0.3, -0.25) is 19.9 Å². The molecule has 3 heterocycles. The molecule has 0 radical (unpaired) electrons. The number of pyridine rings is 1. The lowest BCUT2D eigenvalue weighted by atomic mass is 9.97. The number of carbonyl (C=O) groups is 1. The molecule has 188 valence electrons. The first kappa shape index (κ1) is 25.1. The molecule has 0 saturated carbocycles. The van der Waals surface area contributed by atoms with E-state index in [4.69, 9.17) is 21.7 Å². The number of benzene rings is 1. The van der Waals surface area contributed by atoms with Gasteiger partial charge in [0.1, 0.15) is 12.3 Å². The molecule has 4 rings (SSSR count). The van der Waals surface area contributed by atoms with Gasteiger partial charge in [0.05, 0.1) is 48.2 Å². The number of nitrogens with zero attached hydrogens (tertiary/aromatic N) is 4. The highest BCUT2D eigenvalue weighted by molar-refractivity contribution is 7.80. The summed E-state index contributed by atoms with van der Waals surface area (Å²) in [5.41, 5.74) is 4.10. The van der Waals surface area contributed by atoms with Crippen LogP contribution in [0, 0.1) is 24.0 Å². The number of hydrogen-bond acceptors (Lipinski definition) is 7. The summed E-state index contributed by atoms with van der Waals surface area (Å²) < 4.78 is 12.7. The molecule has 0 aliphatic carbocycles. The minimum atomic E-state index is -0.455. The molecule has 36 heavy (non-hydrogen) atoms. The molecule has 2 aromatic heterocycles. The highest BCUT2D eigenvalue weighted by atomic mass is 32.1. The van der Waals surface area contributed by atoms with Crippen molar-refractivity contribution < 1.29 is 19.2 Å². The topological polar surface area (TPSA) is 112 Å². The van der Waals surface area contributed by atoms with Crippen molar-refractivity contribution in [2.24, 2.45) is 0 Å². The van der Waals surface area contributed by atoms with E-state index < -0.39 is 4.92 Å². The fourth-order valence-electron chi connectivity index (χ4n) is 4.68. The van der Waals surface area contributed by atoms with Crippen LogP contribution in [0.4, 0.5) is 5.69 Å². The molecule has 1 aliphatic heterocycles. The van der Waals surface area contributed by atoms with Crippen molar-refractivity contribution in [2.75, 3.05) is 20.3 Å². The molecular weight excluding hydrogens is 482 g/mol. The number of non-ortho nitro benzene ring substituents is 1. The Morgan fingerprint density at radius 2 is 2.03 bits per heavy atom. The minimum Gasteiger partial charge on any atom is -0.494 e. The molecule has 0 bridgehead atoms. The van der Waals surface area contributed by atoms with Crippen molar-refractivity contribution in [3.05, 3.63) is 81.4 Å². The molecule has 3 aromatic rings. The maximum absolute atomic E-state index is 12.5. The van der Waals surface area contributed by atoms with Crippen LogP contribution in [-0.4, -0.2) is 50.7 Å².